The maximum absolute atomic E-state index is 5.36. The molecule has 0 aromatic carbocycles. The topological polar surface area (TPSA) is 42.2 Å². The van der Waals surface area contributed by atoms with E-state index in [1.54, 1.807) is 22.7 Å². The summed E-state index contributed by atoms with van der Waals surface area (Å²) in [6, 6.07) is 8.17. The molecule has 0 radical (unpaired) electrons. The summed E-state index contributed by atoms with van der Waals surface area (Å²) in [4.78, 5) is 9.03. The summed E-state index contributed by atoms with van der Waals surface area (Å²) in [5, 5.41) is 8.14. The number of nitrogens with zero attached hydrogens (tertiary/aromatic N) is 3. The van der Waals surface area contributed by atoms with Gasteiger partial charge in [0.2, 0.25) is 11.7 Å². The van der Waals surface area contributed by atoms with Gasteiger partial charge in [-0.1, -0.05) is 23.4 Å². The van der Waals surface area contributed by atoms with Gasteiger partial charge in [-0.3, -0.25) is 4.90 Å². The Labute approximate surface area is 131 Å². The van der Waals surface area contributed by atoms with Crippen molar-refractivity contribution in [2.45, 2.75) is 13.1 Å². The molecule has 0 atom stereocenters. The maximum Gasteiger partial charge on any atom is 0.241 e. The quantitative estimate of drug-likeness (QED) is 0.617. The molecule has 21 heavy (non-hydrogen) atoms. The van der Waals surface area contributed by atoms with Gasteiger partial charge in [0.15, 0.2) is 0 Å². The van der Waals surface area contributed by atoms with Gasteiger partial charge in [0.1, 0.15) is 0 Å². The summed E-state index contributed by atoms with van der Waals surface area (Å²) in [6.45, 7) is 6.09. The molecule has 0 aliphatic heterocycles. The summed E-state index contributed by atoms with van der Waals surface area (Å²) in [7, 11) is 0. The third kappa shape index (κ3) is 3.66. The zero-order chi connectivity index (χ0) is 14.5. The predicted octanol–water partition coefficient (Wildman–Crippen LogP) is 4.05. The van der Waals surface area contributed by atoms with Crippen LogP contribution in [0.15, 0.2) is 52.2 Å². The molecule has 0 bridgehead atoms. The molecule has 3 aromatic heterocycles. The first-order valence-electron chi connectivity index (χ1n) is 6.57. The zero-order valence-corrected chi connectivity index (χ0v) is 13.1. The molecule has 108 valence electrons. The lowest BCUT2D eigenvalue weighted by Gasteiger charge is -2.17. The number of rotatable bonds is 7. The molecule has 3 heterocycles. The SMILES string of the molecule is C=CCN(Cc1nc(-c2cccs2)no1)Cc1cccs1. The van der Waals surface area contributed by atoms with Crippen molar-refractivity contribution >= 4 is 22.7 Å². The van der Waals surface area contributed by atoms with Gasteiger partial charge in [0, 0.05) is 18.0 Å². The molecule has 0 spiro atoms. The van der Waals surface area contributed by atoms with Gasteiger partial charge in [-0.15, -0.1) is 29.3 Å². The van der Waals surface area contributed by atoms with Crippen LogP contribution in [0.3, 0.4) is 0 Å². The van der Waals surface area contributed by atoms with Crippen LogP contribution >= 0.6 is 22.7 Å². The first-order valence-corrected chi connectivity index (χ1v) is 8.33. The summed E-state index contributed by atoms with van der Waals surface area (Å²) in [5.41, 5.74) is 0. The van der Waals surface area contributed by atoms with Crippen molar-refractivity contribution in [3.05, 3.63) is 58.4 Å². The van der Waals surface area contributed by atoms with E-state index in [1.807, 2.05) is 23.6 Å². The first kappa shape index (κ1) is 14.2. The highest BCUT2D eigenvalue weighted by Crippen LogP contribution is 2.22. The van der Waals surface area contributed by atoms with E-state index in [0.29, 0.717) is 18.3 Å². The van der Waals surface area contributed by atoms with Crippen molar-refractivity contribution in [2.75, 3.05) is 6.54 Å². The molecule has 4 nitrogen and oxygen atoms in total. The van der Waals surface area contributed by atoms with Gasteiger partial charge in [0.05, 0.1) is 11.4 Å². The Morgan fingerprint density at radius 1 is 1.19 bits per heavy atom. The minimum absolute atomic E-state index is 0.627. The summed E-state index contributed by atoms with van der Waals surface area (Å²) < 4.78 is 5.36. The van der Waals surface area contributed by atoms with Crippen molar-refractivity contribution in [3.8, 4) is 10.7 Å². The van der Waals surface area contributed by atoms with Gasteiger partial charge in [-0.25, -0.2) is 0 Å². The molecule has 0 unspecified atom stereocenters. The van der Waals surface area contributed by atoms with Crippen LogP contribution in [0.1, 0.15) is 10.8 Å². The van der Waals surface area contributed by atoms with Crippen LogP contribution in [0, 0.1) is 0 Å². The predicted molar refractivity (Wildman–Crippen MR) is 86.2 cm³/mol. The minimum Gasteiger partial charge on any atom is -0.338 e. The molecule has 6 heteroatoms. The van der Waals surface area contributed by atoms with Gasteiger partial charge in [0.25, 0.3) is 0 Å². The second kappa shape index (κ2) is 6.80. The standard InChI is InChI=1S/C15H15N3OS2/c1-2-7-18(10-12-5-3-8-20-12)11-14-16-15(17-19-14)13-6-4-9-21-13/h2-6,8-9H,1,7,10-11H2. The maximum atomic E-state index is 5.36. The lowest BCUT2D eigenvalue weighted by molar-refractivity contribution is 0.241. The van der Waals surface area contributed by atoms with E-state index >= 15 is 0 Å². The lowest BCUT2D eigenvalue weighted by atomic mass is 10.4. The Hall–Kier alpha value is -1.76. The van der Waals surface area contributed by atoms with Gasteiger partial charge in [-0.05, 0) is 22.9 Å². The zero-order valence-electron chi connectivity index (χ0n) is 11.4. The van der Waals surface area contributed by atoms with Crippen molar-refractivity contribution < 1.29 is 4.52 Å². The molecule has 0 N–H and O–H groups in total. The van der Waals surface area contributed by atoms with Crippen LogP contribution in [0.4, 0.5) is 0 Å². The van der Waals surface area contributed by atoms with E-state index in [-0.39, 0.29) is 0 Å². The second-order valence-corrected chi connectivity index (χ2v) is 6.51. The van der Waals surface area contributed by atoms with Gasteiger partial charge in [-0.2, -0.15) is 4.98 Å². The normalized spacial score (nSPS) is 11.1. The van der Waals surface area contributed by atoms with Crippen LogP contribution in [0.25, 0.3) is 10.7 Å². The number of hydrogen-bond donors (Lipinski definition) is 0. The summed E-state index contributed by atoms with van der Waals surface area (Å²) in [6.07, 6.45) is 1.89. The Bertz CT molecular complexity index is 674. The second-order valence-electron chi connectivity index (χ2n) is 4.53. The number of aromatic nitrogens is 2. The Morgan fingerprint density at radius 2 is 2.05 bits per heavy atom. The van der Waals surface area contributed by atoms with E-state index in [2.05, 4.69) is 39.1 Å². The van der Waals surface area contributed by atoms with Crippen LogP contribution in [0.2, 0.25) is 0 Å². The Morgan fingerprint density at radius 3 is 2.76 bits per heavy atom. The highest BCUT2D eigenvalue weighted by atomic mass is 32.1. The van der Waals surface area contributed by atoms with E-state index in [4.69, 9.17) is 4.52 Å². The molecule has 3 rings (SSSR count). The Balaban J connectivity index is 1.69. The van der Waals surface area contributed by atoms with Crippen LogP contribution in [-0.2, 0) is 13.1 Å². The minimum atomic E-state index is 0.627. The van der Waals surface area contributed by atoms with Crippen LogP contribution in [0.5, 0.6) is 0 Å². The monoisotopic (exact) mass is 317 g/mol. The lowest BCUT2D eigenvalue weighted by Crippen LogP contribution is -2.22. The van der Waals surface area contributed by atoms with E-state index < -0.39 is 0 Å². The molecule has 0 amide bonds. The van der Waals surface area contributed by atoms with Crippen LogP contribution in [-0.4, -0.2) is 21.6 Å². The third-order valence-electron chi connectivity index (χ3n) is 2.92. The molecule has 0 fully saturated rings. The molecular weight excluding hydrogens is 302 g/mol. The Kier molecular flexibility index (Phi) is 4.59. The van der Waals surface area contributed by atoms with E-state index in [9.17, 15) is 0 Å². The number of thiophene rings is 2. The molecule has 0 saturated heterocycles. The van der Waals surface area contributed by atoms with Crippen LogP contribution < -0.4 is 0 Å². The van der Waals surface area contributed by atoms with Crippen molar-refractivity contribution in [2.24, 2.45) is 0 Å². The van der Waals surface area contributed by atoms with E-state index in [0.717, 1.165) is 18.0 Å². The first-order chi connectivity index (χ1) is 10.3. The fraction of sp³-hybridized carbons (Fsp3) is 0.200. The third-order valence-corrected chi connectivity index (χ3v) is 4.64. The average molecular weight is 317 g/mol. The van der Waals surface area contributed by atoms with Crippen molar-refractivity contribution in [3.63, 3.8) is 0 Å². The molecule has 0 aliphatic carbocycles. The van der Waals surface area contributed by atoms with Crippen molar-refractivity contribution in [1.29, 1.82) is 0 Å². The number of hydrogen-bond acceptors (Lipinski definition) is 6. The fourth-order valence-electron chi connectivity index (χ4n) is 2.01. The van der Waals surface area contributed by atoms with E-state index in [1.165, 1.54) is 4.88 Å². The van der Waals surface area contributed by atoms with Crippen molar-refractivity contribution in [1.82, 2.24) is 15.0 Å². The largest absolute Gasteiger partial charge is 0.338 e. The summed E-state index contributed by atoms with van der Waals surface area (Å²) >= 11 is 3.36. The van der Waals surface area contributed by atoms with Gasteiger partial charge >= 0.3 is 0 Å². The smallest absolute Gasteiger partial charge is 0.241 e. The highest BCUT2D eigenvalue weighted by Gasteiger charge is 2.13. The molecule has 0 aliphatic rings. The fourth-order valence-corrected chi connectivity index (χ4v) is 3.40. The highest BCUT2D eigenvalue weighted by molar-refractivity contribution is 7.13. The molecular formula is C15H15N3OS2. The summed E-state index contributed by atoms with van der Waals surface area (Å²) in [5.74, 6) is 1.30. The van der Waals surface area contributed by atoms with Gasteiger partial charge < -0.3 is 4.52 Å². The molecule has 3 aromatic rings. The molecule has 0 saturated carbocycles. The average Bonchev–Trinajstić information content (AvgIpc) is 3.21.